The second-order valence-electron chi connectivity index (χ2n) is 6.27. The molecule has 142 valence electrons. The van der Waals surface area contributed by atoms with Crippen LogP contribution in [0.2, 0.25) is 5.02 Å². The second-order valence-corrected chi connectivity index (χ2v) is 6.71. The first-order valence-corrected chi connectivity index (χ1v) is 9.15. The van der Waals surface area contributed by atoms with Gasteiger partial charge in [0.05, 0.1) is 29.7 Å². The van der Waals surface area contributed by atoms with Crippen LogP contribution in [0.5, 0.6) is 0 Å². The lowest BCUT2D eigenvalue weighted by Crippen LogP contribution is -2.45. The Morgan fingerprint density at radius 1 is 1.33 bits per heavy atom. The van der Waals surface area contributed by atoms with E-state index in [-0.39, 0.29) is 18.0 Å². The van der Waals surface area contributed by atoms with Crippen molar-refractivity contribution in [3.8, 4) is 0 Å². The fraction of sp³-hybridized carbons (Fsp3) is 0.316. The lowest BCUT2D eigenvalue weighted by molar-refractivity contribution is -0.117. The zero-order chi connectivity index (χ0) is 19.6. The molecule has 0 spiro atoms. The third-order valence-corrected chi connectivity index (χ3v) is 4.75. The van der Waals surface area contributed by atoms with Gasteiger partial charge in [0.1, 0.15) is 5.82 Å². The second kappa shape index (κ2) is 7.94. The number of carbonyl (C=O) groups excluding carboxylic acids is 2. The van der Waals surface area contributed by atoms with Crippen LogP contribution in [-0.4, -0.2) is 41.5 Å². The molecule has 1 aliphatic heterocycles. The van der Waals surface area contributed by atoms with Crippen molar-refractivity contribution < 1.29 is 9.59 Å². The predicted octanol–water partition coefficient (Wildman–Crippen LogP) is 3.38. The van der Waals surface area contributed by atoms with Crippen LogP contribution in [0.4, 0.5) is 22.0 Å². The molecule has 8 heteroatoms. The van der Waals surface area contributed by atoms with E-state index in [1.807, 2.05) is 13.0 Å². The van der Waals surface area contributed by atoms with Gasteiger partial charge < -0.3 is 15.5 Å². The van der Waals surface area contributed by atoms with E-state index < -0.39 is 0 Å². The molecular weight excluding hydrogens is 366 g/mol. The summed E-state index contributed by atoms with van der Waals surface area (Å²) in [7, 11) is 1.72. The first kappa shape index (κ1) is 19.1. The van der Waals surface area contributed by atoms with E-state index in [0.29, 0.717) is 41.0 Å². The topological polar surface area (TPSA) is 77.6 Å². The molecule has 1 aromatic heterocycles. The molecule has 27 heavy (non-hydrogen) atoms. The summed E-state index contributed by atoms with van der Waals surface area (Å²) in [4.78, 5) is 32.9. The predicted molar refractivity (Wildman–Crippen MR) is 106 cm³/mol. The van der Waals surface area contributed by atoms with Crippen LogP contribution in [0.15, 0.2) is 36.4 Å². The van der Waals surface area contributed by atoms with Gasteiger partial charge in [-0.05, 0) is 51.2 Å². The van der Waals surface area contributed by atoms with E-state index in [1.165, 1.54) is 0 Å². The third-order valence-electron chi connectivity index (χ3n) is 4.52. The fourth-order valence-corrected chi connectivity index (χ4v) is 3.04. The van der Waals surface area contributed by atoms with Crippen molar-refractivity contribution in [2.45, 2.75) is 26.4 Å². The summed E-state index contributed by atoms with van der Waals surface area (Å²) in [5.74, 6) is 0.285. The van der Waals surface area contributed by atoms with Crippen molar-refractivity contribution in [1.82, 2.24) is 15.2 Å². The number of hydrogen-bond donors (Lipinski definition) is 2. The number of hydrogen-bond acceptors (Lipinski definition) is 4. The largest absolute Gasteiger partial charge is 0.329 e. The average Bonchev–Trinajstić information content (AvgIpc) is 2.66. The van der Waals surface area contributed by atoms with Crippen LogP contribution in [0.1, 0.15) is 19.5 Å². The number of fused-ring (bicyclic) bond motifs is 1. The molecule has 1 aromatic carbocycles. The SMILES string of the molecule is CCN1Cc2nc(NC(=O)[C@H](C)NC)ccc2N(c2cccc(Cl)c2)C1=O. The molecule has 1 aliphatic rings. The van der Waals surface area contributed by atoms with E-state index in [9.17, 15) is 9.59 Å². The van der Waals surface area contributed by atoms with Crippen molar-refractivity contribution in [3.05, 3.63) is 47.1 Å². The zero-order valence-corrected chi connectivity index (χ0v) is 16.2. The lowest BCUT2D eigenvalue weighted by atomic mass is 10.1. The molecule has 3 rings (SSSR count). The summed E-state index contributed by atoms with van der Waals surface area (Å²) in [6, 6.07) is 10.2. The molecule has 0 bridgehead atoms. The lowest BCUT2D eigenvalue weighted by Gasteiger charge is -2.36. The molecule has 0 saturated heterocycles. The molecule has 1 atom stereocenters. The molecule has 7 nitrogen and oxygen atoms in total. The highest BCUT2D eigenvalue weighted by atomic mass is 35.5. The summed E-state index contributed by atoms with van der Waals surface area (Å²) in [6.07, 6.45) is 0. The van der Waals surface area contributed by atoms with Crippen LogP contribution < -0.4 is 15.5 Å². The van der Waals surface area contributed by atoms with Gasteiger partial charge in [-0.1, -0.05) is 17.7 Å². The molecule has 0 radical (unpaired) electrons. The minimum Gasteiger partial charge on any atom is -0.318 e. The molecule has 2 aromatic rings. The van der Waals surface area contributed by atoms with E-state index in [1.54, 1.807) is 54.1 Å². The Morgan fingerprint density at radius 3 is 2.78 bits per heavy atom. The number of nitrogens with zero attached hydrogens (tertiary/aromatic N) is 3. The van der Waals surface area contributed by atoms with Gasteiger partial charge in [-0.2, -0.15) is 0 Å². The molecular formula is C19H22ClN5O2. The number of halogens is 1. The standard InChI is InChI=1S/C19H22ClN5O2/c1-4-24-11-15-16(8-9-17(22-15)23-18(26)12(2)21-3)25(19(24)27)14-7-5-6-13(20)10-14/h5-10,12,21H,4,11H2,1-3H3,(H,22,23,26)/t12-/m0/s1. The molecule has 0 aliphatic carbocycles. The van der Waals surface area contributed by atoms with Gasteiger partial charge >= 0.3 is 6.03 Å². The Labute approximate surface area is 163 Å². The van der Waals surface area contributed by atoms with Crippen molar-refractivity contribution in [2.24, 2.45) is 0 Å². The van der Waals surface area contributed by atoms with Gasteiger partial charge in [-0.3, -0.25) is 9.69 Å². The number of urea groups is 1. The normalized spacial score (nSPS) is 14.7. The first-order valence-electron chi connectivity index (χ1n) is 8.77. The Balaban J connectivity index is 1.99. The number of rotatable bonds is 5. The highest BCUT2D eigenvalue weighted by molar-refractivity contribution is 6.31. The van der Waals surface area contributed by atoms with E-state index in [4.69, 9.17) is 11.6 Å². The first-order chi connectivity index (χ1) is 12.9. The van der Waals surface area contributed by atoms with Crippen LogP contribution in [-0.2, 0) is 11.3 Å². The van der Waals surface area contributed by atoms with Crippen LogP contribution in [0.3, 0.4) is 0 Å². The quantitative estimate of drug-likeness (QED) is 0.824. The number of aromatic nitrogens is 1. The van der Waals surface area contributed by atoms with Gasteiger partial charge in [0, 0.05) is 11.6 Å². The number of anilines is 3. The Morgan fingerprint density at radius 2 is 2.11 bits per heavy atom. The number of nitrogens with one attached hydrogen (secondary N) is 2. The van der Waals surface area contributed by atoms with Gasteiger partial charge in [-0.15, -0.1) is 0 Å². The Hall–Kier alpha value is -2.64. The minimum atomic E-state index is -0.334. The smallest absolute Gasteiger partial charge is 0.318 e. The van der Waals surface area contributed by atoms with Gasteiger partial charge in [0.2, 0.25) is 5.91 Å². The highest BCUT2D eigenvalue weighted by Crippen LogP contribution is 2.35. The minimum absolute atomic E-state index is 0.130. The molecule has 2 heterocycles. The zero-order valence-electron chi connectivity index (χ0n) is 15.5. The number of carbonyl (C=O) groups is 2. The van der Waals surface area contributed by atoms with Crippen LogP contribution in [0, 0.1) is 0 Å². The molecule has 0 unspecified atom stereocenters. The van der Waals surface area contributed by atoms with Gasteiger partial charge in [0.25, 0.3) is 0 Å². The summed E-state index contributed by atoms with van der Waals surface area (Å²) in [6.45, 7) is 4.61. The summed E-state index contributed by atoms with van der Waals surface area (Å²) in [5.41, 5.74) is 2.08. The maximum atomic E-state index is 12.9. The summed E-state index contributed by atoms with van der Waals surface area (Å²) < 4.78 is 0. The Bertz CT molecular complexity index is 873. The van der Waals surface area contributed by atoms with Crippen molar-refractivity contribution >= 4 is 40.7 Å². The molecule has 0 fully saturated rings. The number of pyridine rings is 1. The molecule has 3 amide bonds. The summed E-state index contributed by atoms with van der Waals surface area (Å²) in [5, 5.41) is 6.23. The maximum absolute atomic E-state index is 12.9. The van der Waals surface area contributed by atoms with Crippen molar-refractivity contribution in [3.63, 3.8) is 0 Å². The van der Waals surface area contributed by atoms with Crippen molar-refractivity contribution in [2.75, 3.05) is 23.8 Å². The molecule has 0 saturated carbocycles. The van der Waals surface area contributed by atoms with Crippen LogP contribution >= 0.6 is 11.6 Å². The highest BCUT2D eigenvalue weighted by Gasteiger charge is 2.32. The van der Waals surface area contributed by atoms with Gasteiger partial charge in [0.15, 0.2) is 0 Å². The third kappa shape index (κ3) is 3.89. The van der Waals surface area contributed by atoms with E-state index >= 15 is 0 Å². The van der Waals surface area contributed by atoms with Crippen LogP contribution in [0.25, 0.3) is 0 Å². The average molecular weight is 388 g/mol. The number of amides is 3. The fourth-order valence-electron chi connectivity index (χ4n) is 2.85. The molecule has 2 N–H and O–H groups in total. The van der Waals surface area contributed by atoms with E-state index in [2.05, 4.69) is 15.6 Å². The monoisotopic (exact) mass is 387 g/mol. The Kier molecular flexibility index (Phi) is 5.62. The number of likely N-dealkylation sites (N-methyl/N-ethyl adjacent to an activating group) is 1. The van der Waals surface area contributed by atoms with E-state index in [0.717, 1.165) is 0 Å². The maximum Gasteiger partial charge on any atom is 0.329 e. The number of benzene rings is 1. The van der Waals surface area contributed by atoms with Crippen molar-refractivity contribution in [1.29, 1.82) is 0 Å². The summed E-state index contributed by atoms with van der Waals surface area (Å²) >= 11 is 6.11. The van der Waals surface area contributed by atoms with Gasteiger partial charge in [-0.25, -0.2) is 9.78 Å².